The molecule has 0 aliphatic carbocycles. The van der Waals surface area contributed by atoms with Crippen LogP contribution in [0.4, 0.5) is 4.79 Å². The molecule has 2 heterocycles. The number of carbonyl (C=O) groups excluding carboxylic acids is 4. The van der Waals surface area contributed by atoms with Crippen molar-refractivity contribution in [1.29, 1.82) is 0 Å². The largest absolute Gasteiger partial charge is 0.469 e. The molecular formula is C19H15N5O6. The van der Waals surface area contributed by atoms with Gasteiger partial charge in [0.15, 0.2) is 0 Å². The van der Waals surface area contributed by atoms with Gasteiger partial charge in [0.25, 0.3) is 11.8 Å². The first-order chi connectivity index (χ1) is 14.5. The van der Waals surface area contributed by atoms with Crippen LogP contribution < -0.4 is 4.84 Å². The molecule has 0 unspecified atom stereocenters. The molecule has 3 amide bonds. The SMILES string of the molecule is COC(=O)CCN(C(=O)On1nnc2ccccc21)N1C(=O)c2ccccc2C1=O. The number of fused-ring (bicyclic) bond motifs is 2. The molecule has 11 nitrogen and oxygen atoms in total. The molecule has 152 valence electrons. The first-order valence-electron chi connectivity index (χ1n) is 8.86. The van der Waals surface area contributed by atoms with Crippen molar-refractivity contribution >= 4 is 34.9 Å². The van der Waals surface area contributed by atoms with E-state index in [1.54, 1.807) is 36.4 Å². The van der Waals surface area contributed by atoms with Crippen LogP contribution >= 0.6 is 0 Å². The first kappa shape index (κ1) is 19.1. The Hall–Kier alpha value is -4.28. The van der Waals surface area contributed by atoms with Gasteiger partial charge in [-0.3, -0.25) is 19.2 Å². The molecule has 30 heavy (non-hydrogen) atoms. The number of imide groups is 1. The Morgan fingerprint density at radius 1 is 1.00 bits per heavy atom. The van der Waals surface area contributed by atoms with Crippen LogP contribution in [-0.4, -0.2) is 62.7 Å². The molecule has 0 radical (unpaired) electrons. The zero-order valence-electron chi connectivity index (χ0n) is 15.7. The maximum atomic E-state index is 12.9. The second-order valence-electron chi connectivity index (χ2n) is 6.23. The standard InChI is InChI=1S/C19H15N5O6/c1-29-16(25)10-11-22(23-17(26)12-6-2-3-7-13(12)18(23)27)19(28)30-24-15-9-5-4-8-14(15)20-21-24/h2-9H,10-11H2,1H3. The summed E-state index contributed by atoms with van der Waals surface area (Å²) in [5, 5.41) is 9.02. The molecule has 0 N–H and O–H groups in total. The van der Waals surface area contributed by atoms with Crippen molar-refractivity contribution < 1.29 is 28.8 Å². The Kier molecular flexibility index (Phi) is 4.84. The van der Waals surface area contributed by atoms with E-state index in [0.29, 0.717) is 16.0 Å². The van der Waals surface area contributed by atoms with E-state index >= 15 is 0 Å². The second-order valence-corrected chi connectivity index (χ2v) is 6.23. The topological polar surface area (TPSA) is 124 Å². The van der Waals surface area contributed by atoms with Gasteiger partial charge in [-0.05, 0) is 29.5 Å². The number of methoxy groups -OCH3 is 1. The third-order valence-electron chi connectivity index (χ3n) is 4.47. The van der Waals surface area contributed by atoms with Gasteiger partial charge in [-0.15, -0.1) is 5.10 Å². The van der Waals surface area contributed by atoms with Crippen molar-refractivity contribution in [3.05, 3.63) is 59.7 Å². The summed E-state index contributed by atoms with van der Waals surface area (Å²) in [7, 11) is 1.19. The van der Waals surface area contributed by atoms with Crippen LogP contribution in [0.5, 0.6) is 0 Å². The Balaban J connectivity index is 1.64. The van der Waals surface area contributed by atoms with Gasteiger partial charge in [-0.1, -0.05) is 29.1 Å². The highest BCUT2D eigenvalue weighted by Gasteiger charge is 2.42. The van der Waals surface area contributed by atoms with Crippen molar-refractivity contribution in [2.24, 2.45) is 0 Å². The Labute approximate surface area is 169 Å². The summed E-state index contributed by atoms with van der Waals surface area (Å²) in [4.78, 5) is 56.2. The van der Waals surface area contributed by atoms with E-state index in [9.17, 15) is 19.2 Å². The van der Waals surface area contributed by atoms with E-state index in [0.717, 1.165) is 9.85 Å². The molecule has 1 aliphatic heterocycles. The number of hydrogen-bond donors (Lipinski definition) is 0. The highest BCUT2D eigenvalue weighted by Crippen LogP contribution is 2.24. The van der Waals surface area contributed by atoms with Crippen LogP contribution in [0.3, 0.4) is 0 Å². The van der Waals surface area contributed by atoms with Crippen molar-refractivity contribution in [2.75, 3.05) is 13.7 Å². The molecule has 1 aromatic heterocycles. The minimum Gasteiger partial charge on any atom is -0.469 e. The summed E-state index contributed by atoms with van der Waals surface area (Å²) in [6.07, 6.45) is -1.36. The van der Waals surface area contributed by atoms with Crippen molar-refractivity contribution in [3.63, 3.8) is 0 Å². The number of esters is 1. The van der Waals surface area contributed by atoms with Gasteiger partial charge >= 0.3 is 12.1 Å². The normalized spacial score (nSPS) is 12.8. The first-order valence-corrected chi connectivity index (χ1v) is 8.86. The van der Waals surface area contributed by atoms with Gasteiger partial charge < -0.3 is 4.74 Å². The second kappa shape index (κ2) is 7.62. The lowest BCUT2D eigenvalue weighted by Crippen LogP contribution is -2.52. The molecular weight excluding hydrogens is 394 g/mol. The van der Waals surface area contributed by atoms with E-state index in [-0.39, 0.29) is 24.1 Å². The van der Waals surface area contributed by atoms with E-state index in [2.05, 4.69) is 15.0 Å². The average molecular weight is 409 g/mol. The fourth-order valence-electron chi connectivity index (χ4n) is 3.00. The Bertz CT molecular complexity index is 1140. The summed E-state index contributed by atoms with van der Waals surface area (Å²) < 4.78 is 4.59. The van der Waals surface area contributed by atoms with E-state index in [1.165, 1.54) is 19.2 Å². The highest BCUT2D eigenvalue weighted by molar-refractivity contribution is 6.21. The number of amides is 3. The lowest BCUT2D eigenvalue weighted by Gasteiger charge is -2.28. The molecule has 0 saturated carbocycles. The van der Waals surface area contributed by atoms with Gasteiger partial charge in [-0.25, -0.2) is 9.80 Å². The fourth-order valence-corrected chi connectivity index (χ4v) is 3.00. The van der Waals surface area contributed by atoms with Crippen molar-refractivity contribution in [1.82, 2.24) is 25.2 Å². The van der Waals surface area contributed by atoms with E-state index in [4.69, 9.17) is 4.84 Å². The molecule has 0 spiro atoms. The summed E-state index contributed by atoms with van der Waals surface area (Å²) in [6.45, 7) is -0.330. The minimum atomic E-state index is -1.09. The number of benzene rings is 2. The maximum Gasteiger partial charge on any atom is 0.455 e. The van der Waals surface area contributed by atoms with Crippen LogP contribution in [0.25, 0.3) is 11.0 Å². The van der Waals surface area contributed by atoms with Gasteiger partial charge in [0.1, 0.15) is 11.0 Å². The van der Waals surface area contributed by atoms with Gasteiger partial charge in [0.2, 0.25) is 0 Å². The maximum absolute atomic E-state index is 12.9. The van der Waals surface area contributed by atoms with E-state index in [1.807, 2.05) is 0 Å². The molecule has 11 heteroatoms. The number of hydrogen-bond acceptors (Lipinski definition) is 8. The Morgan fingerprint density at radius 2 is 1.63 bits per heavy atom. The number of aromatic nitrogens is 3. The molecule has 4 rings (SSSR count). The average Bonchev–Trinajstić information content (AvgIpc) is 3.28. The smallest absolute Gasteiger partial charge is 0.455 e. The van der Waals surface area contributed by atoms with Crippen LogP contribution in [-0.2, 0) is 9.53 Å². The number of carbonyl (C=O) groups is 4. The van der Waals surface area contributed by atoms with Crippen molar-refractivity contribution in [3.8, 4) is 0 Å². The van der Waals surface area contributed by atoms with Gasteiger partial charge in [0, 0.05) is 0 Å². The molecule has 1 aliphatic rings. The van der Waals surface area contributed by atoms with Gasteiger partial charge in [-0.2, -0.15) is 5.01 Å². The molecule has 0 atom stereocenters. The van der Waals surface area contributed by atoms with Gasteiger partial charge in [0.05, 0.1) is 31.2 Å². The lowest BCUT2D eigenvalue weighted by molar-refractivity contribution is -0.141. The van der Waals surface area contributed by atoms with Crippen LogP contribution in [0, 0.1) is 0 Å². The predicted octanol–water partition coefficient (Wildman–Crippen LogP) is 1.06. The zero-order valence-corrected chi connectivity index (χ0v) is 15.7. The molecule has 3 aromatic rings. The molecule has 2 aromatic carbocycles. The Morgan fingerprint density at radius 3 is 2.30 bits per heavy atom. The number of ether oxygens (including phenoxy) is 1. The quantitative estimate of drug-likeness (QED) is 0.348. The number of para-hydroxylation sites is 1. The number of hydrazine groups is 1. The predicted molar refractivity (Wildman–Crippen MR) is 99.8 cm³/mol. The lowest BCUT2D eigenvalue weighted by atomic mass is 10.1. The van der Waals surface area contributed by atoms with Crippen molar-refractivity contribution in [2.45, 2.75) is 6.42 Å². The number of rotatable bonds is 5. The molecule has 0 fully saturated rings. The highest BCUT2D eigenvalue weighted by atomic mass is 16.7. The van der Waals surface area contributed by atoms with Crippen LogP contribution in [0.15, 0.2) is 48.5 Å². The van der Waals surface area contributed by atoms with Crippen LogP contribution in [0.2, 0.25) is 0 Å². The van der Waals surface area contributed by atoms with Crippen LogP contribution in [0.1, 0.15) is 27.1 Å². The third kappa shape index (κ3) is 3.21. The summed E-state index contributed by atoms with van der Waals surface area (Å²) in [6, 6.07) is 12.9. The van der Waals surface area contributed by atoms with E-state index < -0.39 is 23.9 Å². The monoisotopic (exact) mass is 409 g/mol. The fraction of sp³-hybridized carbons (Fsp3) is 0.158. The molecule has 0 bridgehead atoms. The zero-order chi connectivity index (χ0) is 21.3. The summed E-state index contributed by atoms with van der Waals surface area (Å²) in [5.41, 5.74) is 1.17. The minimum absolute atomic E-state index is 0.143. The third-order valence-corrected chi connectivity index (χ3v) is 4.47. The summed E-state index contributed by atoms with van der Waals surface area (Å²) in [5.74, 6) is -2.04. The number of nitrogens with zero attached hydrogens (tertiary/aromatic N) is 5. The molecule has 0 saturated heterocycles. The summed E-state index contributed by atoms with van der Waals surface area (Å²) >= 11 is 0.